The molecule has 0 bridgehead atoms. The molecule has 1 saturated heterocycles. The molecule has 9 N–H and O–H groups in total. The van der Waals surface area contributed by atoms with Crippen LogP contribution in [0.15, 0.2) is 24.3 Å². The van der Waals surface area contributed by atoms with Crippen LogP contribution >= 0.6 is 0 Å². The summed E-state index contributed by atoms with van der Waals surface area (Å²) >= 11 is 0. The third-order valence-corrected chi connectivity index (χ3v) is 5.96. The first-order valence-corrected chi connectivity index (χ1v) is 12.2. The van der Waals surface area contributed by atoms with Gasteiger partial charge in [0.2, 0.25) is 17.7 Å². The third-order valence-electron chi connectivity index (χ3n) is 5.96. The topological polar surface area (TPSA) is 220 Å². The molecular weight excluding hydrogens is 486 g/mol. The number of aromatic hydroxyl groups is 1. The van der Waals surface area contributed by atoms with E-state index >= 15 is 0 Å². The van der Waals surface area contributed by atoms with Gasteiger partial charge in [-0.1, -0.05) is 12.1 Å². The van der Waals surface area contributed by atoms with E-state index in [0.29, 0.717) is 37.9 Å². The van der Waals surface area contributed by atoms with Gasteiger partial charge in [-0.2, -0.15) is 0 Å². The monoisotopic (exact) mass is 521 g/mol. The summed E-state index contributed by atoms with van der Waals surface area (Å²) in [6, 6.07) is 1.71. The van der Waals surface area contributed by atoms with E-state index in [2.05, 4.69) is 21.3 Å². The number of rotatable bonds is 15. The molecule has 0 spiro atoms. The SMILES string of the molecule is NCCCCC(NC(=O)C(Cc1ccc(O)cc1)NC(=O)C1CCCN1)C(=O)NC(CC(=O)O)C(=O)O. The Hall–Kier alpha value is -3.71. The summed E-state index contributed by atoms with van der Waals surface area (Å²) in [5.74, 6) is -4.79. The number of nitrogens with two attached hydrogens (primary N) is 1. The molecule has 0 aromatic heterocycles. The van der Waals surface area contributed by atoms with Gasteiger partial charge in [0.1, 0.15) is 23.9 Å². The maximum absolute atomic E-state index is 13.3. The number of aliphatic carboxylic acids is 2. The van der Waals surface area contributed by atoms with Crippen molar-refractivity contribution >= 4 is 29.7 Å². The van der Waals surface area contributed by atoms with Crippen molar-refractivity contribution < 1.29 is 39.3 Å². The summed E-state index contributed by atoms with van der Waals surface area (Å²) in [6.45, 7) is 1.02. The lowest BCUT2D eigenvalue weighted by Crippen LogP contribution is -2.57. The molecule has 4 atom stereocenters. The third kappa shape index (κ3) is 10.1. The van der Waals surface area contributed by atoms with E-state index in [1.54, 1.807) is 12.1 Å². The first kappa shape index (κ1) is 29.5. The quantitative estimate of drug-likeness (QED) is 0.129. The average Bonchev–Trinajstić information content (AvgIpc) is 3.39. The van der Waals surface area contributed by atoms with Gasteiger partial charge in [0.05, 0.1) is 12.5 Å². The summed E-state index contributed by atoms with van der Waals surface area (Å²) in [6.07, 6.45) is 1.76. The molecule has 2 rings (SSSR count). The standard InChI is InChI=1S/C24H35N5O8/c25-10-2-1-4-17(22(34)29-19(24(36)37)13-20(31)32)27-23(35)18(12-14-6-8-15(30)9-7-14)28-21(33)16-5-3-11-26-16/h6-9,16-19,26,30H,1-5,10-13,25H2,(H,27,35)(H,28,33)(H,29,34)(H,31,32)(H,36,37). The molecular formula is C24H35N5O8. The minimum absolute atomic E-state index is 0.0370. The summed E-state index contributed by atoms with van der Waals surface area (Å²) in [4.78, 5) is 61.3. The molecule has 4 unspecified atom stereocenters. The van der Waals surface area contributed by atoms with Gasteiger partial charge in [-0.15, -0.1) is 0 Å². The Morgan fingerprint density at radius 1 is 0.946 bits per heavy atom. The first-order valence-electron chi connectivity index (χ1n) is 12.2. The zero-order valence-electron chi connectivity index (χ0n) is 20.4. The lowest BCUT2D eigenvalue weighted by Gasteiger charge is -2.25. The molecule has 0 saturated carbocycles. The van der Waals surface area contributed by atoms with E-state index in [1.165, 1.54) is 12.1 Å². The van der Waals surface area contributed by atoms with E-state index in [9.17, 15) is 34.2 Å². The van der Waals surface area contributed by atoms with Crippen molar-refractivity contribution in [3.63, 3.8) is 0 Å². The largest absolute Gasteiger partial charge is 0.508 e. The molecule has 37 heavy (non-hydrogen) atoms. The predicted molar refractivity (Wildman–Crippen MR) is 131 cm³/mol. The predicted octanol–water partition coefficient (Wildman–Crippen LogP) is -1.17. The van der Waals surface area contributed by atoms with Crippen LogP contribution in [0.2, 0.25) is 0 Å². The van der Waals surface area contributed by atoms with E-state index in [4.69, 9.17) is 10.8 Å². The summed E-state index contributed by atoms with van der Waals surface area (Å²) < 4.78 is 0. The lowest BCUT2D eigenvalue weighted by atomic mass is 10.0. The second-order valence-corrected chi connectivity index (χ2v) is 8.92. The molecule has 1 aliphatic rings. The van der Waals surface area contributed by atoms with Crippen LogP contribution in [0.25, 0.3) is 0 Å². The van der Waals surface area contributed by atoms with Gasteiger partial charge in [0.25, 0.3) is 0 Å². The fraction of sp³-hybridized carbons (Fsp3) is 0.542. The maximum atomic E-state index is 13.3. The molecule has 1 aromatic rings. The first-order chi connectivity index (χ1) is 17.6. The fourth-order valence-corrected chi connectivity index (χ4v) is 3.94. The second-order valence-electron chi connectivity index (χ2n) is 8.92. The molecule has 1 aromatic carbocycles. The number of phenolic OH excluding ortho intramolecular Hbond substituents is 1. The number of carboxylic acid groups (broad SMARTS) is 2. The van der Waals surface area contributed by atoms with Crippen molar-refractivity contribution in [2.24, 2.45) is 5.73 Å². The van der Waals surface area contributed by atoms with Crippen LogP contribution in [0.4, 0.5) is 0 Å². The van der Waals surface area contributed by atoms with Crippen molar-refractivity contribution in [3.8, 4) is 5.75 Å². The molecule has 1 heterocycles. The van der Waals surface area contributed by atoms with Gasteiger partial charge in [-0.3, -0.25) is 19.2 Å². The fourth-order valence-electron chi connectivity index (χ4n) is 3.94. The van der Waals surface area contributed by atoms with Crippen molar-refractivity contribution in [3.05, 3.63) is 29.8 Å². The summed E-state index contributed by atoms with van der Waals surface area (Å²) in [7, 11) is 0. The second kappa shape index (κ2) is 14.8. The van der Waals surface area contributed by atoms with Crippen LogP contribution in [0, 0.1) is 0 Å². The molecule has 1 fully saturated rings. The highest BCUT2D eigenvalue weighted by Gasteiger charge is 2.32. The van der Waals surface area contributed by atoms with Gasteiger partial charge in [0, 0.05) is 6.42 Å². The van der Waals surface area contributed by atoms with Gasteiger partial charge >= 0.3 is 11.9 Å². The van der Waals surface area contributed by atoms with Crippen molar-refractivity contribution in [2.45, 2.75) is 69.1 Å². The number of carboxylic acids is 2. The number of phenols is 1. The van der Waals surface area contributed by atoms with Crippen molar-refractivity contribution in [1.82, 2.24) is 21.3 Å². The van der Waals surface area contributed by atoms with Gasteiger partial charge in [0.15, 0.2) is 0 Å². The van der Waals surface area contributed by atoms with Crippen molar-refractivity contribution in [2.75, 3.05) is 13.1 Å². The lowest BCUT2D eigenvalue weighted by molar-refractivity contribution is -0.147. The summed E-state index contributed by atoms with van der Waals surface area (Å²) in [5.41, 5.74) is 6.17. The Morgan fingerprint density at radius 3 is 2.16 bits per heavy atom. The zero-order chi connectivity index (χ0) is 27.4. The van der Waals surface area contributed by atoms with E-state index < -0.39 is 54.3 Å². The van der Waals surface area contributed by atoms with Gasteiger partial charge < -0.3 is 42.3 Å². The Morgan fingerprint density at radius 2 is 1.59 bits per heavy atom. The number of carbonyl (C=O) groups is 5. The van der Waals surface area contributed by atoms with Crippen LogP contribution in [-0.2, 0) is 30.4 Å². The highest BCUT2D eigenvalue weighted by atomic mass is 16.4. The number of carbonyl (C=O) groups excluding carboxylic acids is 3. The molecule has 3 amide bonds. The molecule has 204 valence electrons. The molecule has 0 aliphatic carbocycles. The Bertz CT molecular complexity index is 949. The number of amides is 3. The van der Waals surface area contributed by atoms with Crippen LogP contribution < -0.4 is 27.0 Å². The van der Waals surface area contributed by atoms with Crippen molar-refractivity contribution in [1.29, 1.82) is 0 Å². The maximum Gasteiger partial charge on any atom is 0.326 e. The van der Waals surface area contributed by atoms with Crippen LogP contribution in [0.3, 0.4) is 0 Å². The number of benzene rings is 1. The minimum atomic E-state index is -1.68. The molecule has 0 radical (unpaired) electrons. The summed E-state index contributed by atoms with van der Waals surface area (Å²) in [5, 5.41) is 38.3. The van der Waals surface area contributed by atoms with E-state index in [1.807, 2.05) is 0 Å². The molecule has 13 heteroatoms. The van der Waals surface area contributed by atoms with Gasteiger partial charge in [-0.05, 0) is 62.9 Å². The van der Waals surface area contributed by atoms with Crippen LogP contribution in [0.5, 0.6) is 5.75 Å². The Labute approximate surface area is 214 Å². The van der Waals surface area contributed by atoms with Gasteiger partial charge in [-0.25, -0.2) is 4.79 Å². The number of hydrogen-bond acceptors (Lipinski definition) is 8. The number of hydrogen-bond donors (Lipinski definition) is 8. The Kier molecular flexibility index (Phi) is 11.8. The Balaban J connectivity index is 2.20. The van der Waals surface area contributed by atoms with Crippen LogP contribution in [0.1, 0.15) is 44.1 Å². The number of nitrogens with one attached hydrogen (secondary N) is 4. The van der Waals surface area contributed by atoms with E-state index in [0.717, 1.165) is 6.42 Å². The molecule has 13 nitrogen and oxygen atoms in total. The average molecular weight is 522 g/mol. The number of unbranched alkanes of at least 4 members (excludes halogenated alkanes) is 1. The van der Waals surface area contributed by atoms with E-state index in [-0.39, 0.29) is 24.5 Å². The smallest absolute Gasteiger partial charge is 0.326 e. The normalized spacial score (nSPS) is 17.3. The molecule has 1 aliphatic heterocycles. The van der Waals surface area contributed by atoms with Crippen LogP contribution in [-0.4, -0.2) is 82.2 Å². The zero-order valence-corrected chi connectivity index (χ0v) is 20.4. The highest BCUT2D eigenvalue weighted by molar-refractivity contribution is 5.94. The highest BCUT2D eigenvalue weighted by Crippen LogP contribution is 2.13. The minimum Gasteiger partial charge on any atom is -0.508 e.